The Morgan fingerprint density at radius 2 is 1.63 bits per heavy atom. The van der Waals surface area contributed by atoms with E-state index in [-0.39, 0.29) is 25.4 Å². The van der Waals surface area contributed by atoms with Gasteiger partial charge >= 0.3 is 5.69 Å². The second-order valence-electron chi connectivity index (χ2n) is 6.29. The average Bonchev–Trinajstić information content (AvgIpc) is 2.73. The molecule has 30 heavy (non-hydrogen) atoms. The van der Waals surface area contributed by atoms with Crippen molar-refractivity contribution in [3.05, 3.63) is 92.3 Å². The Labute approximate surface area is 169 Å². The van der Waals surface area contributed by atoms with Gasteiger partial charge in [0.1, 0.15) is 11.6 Å². The summed E-state index contributed by atoms with van der Waals surface area (Å²) in [6.45, 7) is 0.136. The Bertz CT molecular complexity index is 1160. The highest BCUT2D eigenvalue weighted by Crippen LogP contribution is 2.07. The monoisotopic (exact) mass is 416 g/mol. The molecule has 1 aromatic heterocycles. The summed E-state index contributed by atoms with van der Waals surface area (Å²) in [5.74, 6) is -1.78. The summed E-state index contributed by atoms with van der Waals surface area (Å²) >= 11 is 0. The summed E-state index contributed by atoms with van der Waals surface area (Å²) in [7, 11) is 1.45. The number of nitrogens with one attached hydrogen (secondary N) is 1. The van der Waals surface area contributed by atoms with Crippen LogP contribution in [0.5, 0.6) is 0 Å². The number of hydrogen-bond acceptors (Lipinski definition) is 5. The van der Waals surface area contributed by atoms with Crippen LogP contribution in [0.25, 0.3) is 5.69 Å². The van der Waals surface area contributed by atoms with Gasteiger partial charge in [-0.1, -0.05) is 12.1 Å². The molecular formula is C20H18F2N4O4. The molecule has 0 bridgehead atoms. The quantitative estimate of drug-likeness (QED) is 0.582. The van der Waals surface area contributed by atoms with Gasteiger partial charge in [0.25, 0.3) is 11.5 Å². The molecule has 3 rings (SSSR count). The highest BCUT2D eigenvalue weighted by atomic mass is 19.1. The fourth-order valence-corrected chi connectivity index (χ4v) is 2.67. The molecule has 0 saturated carbocycles. The van der Waals surface area contributed by atoms with Crippen molar-refractivity contribution < 1.29 is 18.3 Å². The minimum Gasteiger partial charge on any atom is -0.383 e. The number of amides is 1. The van der Waals surface area contributed by atoms with Crippen molar-refractivity contribution >= 4 is 5.91 Å². The molecule has 0 atom stereocenters. The maximum absolute atomic E-state index is 13.3. The van der Waals surface area contributed by atoms with Crippen molar-refractivity contribution in [2.45, 2.75) is 6.54 Å². The van der Waals surface area contributed by atoms with Gasteiger partial charge in [-0.2, -0.15) is 9.78 Å². The average molecular weight is 416 g/mol. The molecule has 1 N–H and O–H groups in total. The Hall–Kier alpha value is -3.66. The predicted molar refractivity (Wildman–Crippen MR) is 104 cm³/mol. The molecule has 0 aliphatic rings. The largest absolute Gasteiger partial charge is 0.383 e. The van der Waals surface area contributed by atoms with Gasteiger partial charge in [-0.15, -0.1) is 0 Å². The van der Waals surface area contributed by atoms with E-state index in [4.69, 9.17) is 4.74 Å². The molecule has 1 heterocycles. The summed E-state index contributed by atoms with van der Waals surface area (Å²) < 4.78 is 33.0. The van der Waals surface area contributed by atoms with Crippen LogP contribution >= 0.6 is 0 Å². The fourth-order valence-electron chi connectivity index (χ4n) is 2.67. The van der Waals surface area contributed by atoms with Gasteiger partial charge in [0.05, 0.1) is 18.8 Å². The van der Waals surface area contributed by atoms with Gasteiger partial charge < -0.3 is 10.1 Å². The molecule has 0 aliphatic heterocycles. The van der Waals surface area contributed by atoms with Crippen LogP contribution in [0.15, 0.2) is 58.1 Å². The number of methoxy groups -OCH3 is 1. The number of nitrogens with zero attached hydrogens (tertiary/aromatic N) is 3. The first kappa shape index (κ1) is 21.1. The number of benzene rings is 2. The predicted octanol–water partition coefficient (Wildman–Crippen LogP) is 1.10. The van der Waals surface area contributed by atoms with Crippen LogP contribution in [0.1, 0.15) is 16.1 Å². The third-order valence-electron chi connectivity index (χ3n) is 4.19. The Kier molecular flexibility index (Phi) is 6.48. The molecule has 3 aromatic rings. The molecule has 0 unspecified atom stereocenters. The summed E-state index contributed by atoms with van der Waals surface area (Å²) in [6, 6.07) is 10.1. The molecule has 0 radical (unpaired) electrons. The normalized spacial score (nSPS) is 10.8. The minimum absolute atomic E-state index is 0.129. The molecule has 10 heteroatoms. The van der Waals surface area contributed by atoms with E-state index in [1.54, 1.807) is 0 Å². The molecule has 0 fully saturated rings. The van der Waals surface area contributed by atoms with E-state index in [1.807, 2.05) is 0 Å². The number of aromatic nitrogens is 3. The number of halogens is 2. The van der Waals surface area contributed by atoms with Gasteiger partial charge in [0.2, 0.25) is 5.69 Å². The summed E-state index contributed by atoms with van der Waals surface area (Å²) in [5.41, 5.74) is -1.61. The zero-order chi connectivity index (χ0) is 21.7. The molecule has 0 aliphatic carbocycles. The highest BCUT2D eigenvalue weighted by molar-refractivity contribution is 5.91. The smallest absolute Gasteiger partial charge is 0.352 e. The maximum atomic E-state index is 13.3. The van der Waals surface area contributed by atoms with Crippen LogP contribution in [0.2, 0.25) is 0 Å². The van der Waals surface area contributed by atoms with Crippen LogP contribution in [-0.4, -0.2) is 40.5 Å². The van der Waals surface area contributed by atoms with Gasteiger partial charge in [0.15, 0.2) is 0 Å². The van der Waals surface area contributed by atoms with Crippen molar-refractivity contribution in [1.82, 2.24) is 19.7 Å². The Balaban J connectivity index is 2.12. The third kappa shape index (κ3) is 4.66. The third-order valence-corrected chi connectivity index (χ3v) is 4.19. The molecule has 2 aromatic carbocycles. The second kappa shape index (κ2) is 9.23. The van der Waals surface area contributed by atoms with E-state index in [2.05, 4.69) is 10.4 Å². The summed E-state index contributed by atoms with van der Waals surface area (Å²) in [5, 5.41) is 6.38. The summed E-state index contributed by atoms with van der Waals surface area (Å²) in [4.78, 5) is 38.2. The molecule has 1 amide bonds. The molecular weight excluding hydrogens is 398 g/mol. The molecule has 0 spiro atoms. The zero-order valence-electron chi connectivity index (χ0n) is 16.0. The van der Waals surface area contributed by atoms with Crippen molar-refractivity contribution in [3.8, 4) is 5.69 Å². The number of rotatable bonds is 7. The van der Waals surface area contributed by atoms with Crippen molar-refractivity contribution in [2.75, 3.05) is 20.3 Å². The van der Waals surface area contributed by atoms with E-state index < -0.39 is 34.5 Å². The van der Waals surface area contributed by atoms with Crippen molar-refractivity contribution in [2.24, 2.45) is 0 Å². The zero-order valence-corrected chi connectivity index (χ0v) is 16.0. The summed E-state index contributed by atoms with van der Waals surface area (Å²) in [6.07, 6.45) is 0. The molecule has 156 valence electrons. The minimum atomic E-state index is -0.905. The number of hydrogen-bond donors (Lipinski definition) is 1. The van der Waals surface area contributed by atoms with E-state index in [0.29, 0.717) is 5.56 Å². The van der Waals surface area contributed by atoms with Crippen LogP contribution in [0.3, 0.4) is 0 Å². The van der Waals surface area contributed by atoms with E-state index in [0.717, 1.165) is 21.4 Å². The first-order chi connectivity index (χ1) is 14.4. The number of ether oxygens (including phenoxy) is 1. The van der Waals surface area contributed by atoms with Gasteiger partial charge in [-0.3, -0.25) is 14.2 Å². The number of carbonyl (C=O) groups is 1. The van der Waals surface area contributed by atoms with Crippen molar-refractivity contribution in [3.63, 3.8) is 0 Å². The fraction of sp³-hybridized carbons (Fsp3) is 0.200. The van der Waals surface area contributed by atoms with Gasteiger partial charge in [-0.25, -0.2) is 13.6 Å². The lowest BCUT2D eigenvalue weighted by molar-refractivity contribution is 0.0927. The molecule has 0 saturated heterocycles. The topological polar surface area (TPSA) is 95.2 Å². The lowest BCUT2D eigenvalue weighted by Crippen LogP contribution is -2.46. The van der Waals surface area contributed by atoms with E-state index in [9.17, 15) is 23.2 Å². The van der Waals surface area contributed by atoms with E-state index >= 15 is 0 Å². The Morgan fingerprint density at radius 1 is 1.03 bits per heavy atom. The van der Waals surface area contributed by atoms with Crippen LogP contribution in [-0.2, 0) is 11.3 Å². The SMILES string of the molecule is COCCNC(=O)c1nn(-c2ccc(F)cc2)c(=O)n(Cc2ccc(F)cc2)c1=O. The van der Waals surface area contributed by atoms with Gasteiger partial charge in [0, 0.05) is 13.7 Å². The van der Waals surface area contributed by atoms with Crippen LogP contribution in [0.4, 0.5) is 8.78 Å². The standard InChI is InChI=1S/C20H18F2N4O4/c1-30-11-10-23-18(27)17-19(28)25(12-13-2-4-14(21)5-3-13)20(29)26(24-17)16-8-6-15(22)7-9-16/h2-9H,10-12H2,1H3,(H,23,27). The highest BCUT2D eigenvalue weighted by Gasteiger charge is 2.20. The van der Waals surface area contributed by atoms with Gasteiger partial charge in [-0.05, 0) is 42.0 Å². The first-order valence-corrected chi connectivity index (χ1v) is 8.92. The maximum Gasteiger partial charge on any atom is 0.352 e. The van der Waals surface area contributed by atoms with Crippen molar-refractivity contribution in [1.29, 1.82) is 0 Å². The second-order valence-corrected chi connectivity index (χ2v) is 6.29. The van der Waals surface area contributed by atoms with Crippen LogP contribution < -0.4 is 16.6 Å². The number of carbonyl (C=O) groups excluding carboxylic acids is 1. The van der Waals surface area contributed by atoms with E-state index in [1.165, 1.54) is 43.5 Å². The van der Waals surface area contributed by atoms with Crippen LogP contribution in [0, 0.1) is 11.6 Å². The lowest BCUT2D eigenvalue weighted by Gasteiger charge is -2.12. The lowest BCUT2D eigenvalue weighted by atomic mass is 10.2. The Morgan fingerprint density at radius 3 is 2.23 bits per heavy atom. The molecule has 8 nitrogen and oxygen atoms in total. The first-order valence-electron chi connectivity index (χ1n) is 8.92.